The number of urea groups is 1. The summed E-state index contributed by atoms with van der Waals surface area (Å²) in [4.78, 5) is 30.6. The zero-order valence-electron chi connectivity index (χ0n) is 10.9. The molecule has 2 aromatic rings. The van der Waals surface area contributed by atoms with Crippen molar-refractivity contribution < 1.29 is 9.59 Å². The molecule has 6 nitrogen and oxygen atoms in total. The van der Waals surface area contributed by atoms with Crippen molar-refractivity contribution >= 4 is 46.5 Å². The Hall–Kier alpha value is -2.18. The van der Waals surface area contributed by atoms with Gasteiger partial charge < -0.3 is 5.32 Å². The predicted octanol–water partition coefficient (Wildman–Crippen LogP) is 3.63. The number of nitrogens with one attached hydrogen (secondary N) is 2. The Morgan fingerprint density at radius 2 is 1.86 bits per heavy atom. The SMILES string of the molecule is CC(=O)c1cccc(NC(=O)Nc2cc(Cl)nc(Cl)n2)c1. The van der Waals surface area contributed by atoms with Gasteiger partial charge in [0.05, 0.1) is 0 Å². The molecule has 0 fully saturated rings. The third-order valence-electron chi connectivity index (χ3n) is 2.44. The predicted molar refractivity (Wildman–Crippen MR) is 81.1 cm³/mol. The lowest BCUT2D eigenvalue weighted by Gasteiger charge is -2.08. The van der Waals surface area contributed by atoms with Gasteiger partial charge in [0.25, 0.3) is 0 Å². The lowest BCUT2D eigenvalue weighted by Crippen LogP contribution is -2.20. The molecule has 1 aromatic heterocycles. The van der Waals surface area contributed by atoms with E-state index in [2.05, 4.69) is 20.6 Å². The van der Waals surface area contributed by atoms with Crippen LogP contribution in [0.15, 0.2) is 30.3 Å². The van der Waals surface area contributed by atoms with Crippen molar-refractivity contribution in [3.63, 3.8) is 0 Å². The van der Waals surface area contributed by atoms with Gasteiger partial charge in [0, 0.05) is 17.3 Å². The van der Waals surface area contributed by atoms with Gasteiger partial charge in [-0.2, -0.15) is 0 Å². The first kappa shape index (κ1) is 15.2. The number of hydrogen-bond donors (Lipinski definition) is 2. The first-order chi connectivity index (χ1) is 9.94. The second-order valence-electron chi connectivity index (χ2n) is 4.06. The van der Waals surface area contributed by atoms with Crippen molar-refractivity contribution in [2.75, 3.05) is 10.6 Å². The van der Waals surface area contributed by atoms with Crippen LogP contribution < -0.4 is 10.6 Å². The van der Waals surface area contributed by atoms with Gasteiger partial charge in [0.2, 0.25) is 5.28 Å². The number of hydrogen-bond acceptors (Lipinski definition) is 4. The van der Waals surface area contributed by atoms with E-state index in [0.29, 0.717) is 11.3 Å². The molecule has 1 aromatic carbocycles. The van der Waals surface area contributed by atoms with Crippen molar-refractivity contribution in [2.24, 2.45) is 0 Å². The normalized spacial score (nSPS) is 10.0. The fourth-order valence-electron chi connectivity index (χ4n) is 1.55. The van der Waals surface area contributed by atoms with Gasteiger partial charge >= 0.3 is 6.03 Å². The fourth-order valence-corrected chi connectivity index (χ4v) is 1.96. The summed E-state index contributed by atoms with van der Waals surface area (Å²) >= 11 is 11.3. The summed E-state index contributed by atoms with van der Waals surface area (Å²) in [5, 5.41) is 5.08. The van der Waals surface area contributed by atoms with Crippen LogP contribution in [0.2, 0.25) is 10.4 Å². The molecule has 8 heteroatoms. The van der Waals surface area contributed by atoms with Crippen LogP contribution in [0.25, 0.3) is 0 Å². The van der Waals surface area contributed by atoms with E-state index in [1.165, 1.54) is 13.0 Å². The number of anilines is 2. The Kier molecular flexibility index (Phi) is 4.72. The lowest BCUT2D eigenvalue weighted by atomic mass is 10.1. The Morgan fingerprint density at radius 3 is 2.52 bits per heavy atom. The Bertz CT molecular complexity index is 686. The molecule has 0 radical (unpaired) electrons. The summed E-state index contributed by atoms with van der Waals surface area (Å²) in [6.45, 7) is 1.45. The number of rotatable bonds is 3. The molecule has 0 saturated carbocycles. The minimum atomic E-state index is -0.540. The highest BCUT2D eigenvalue weighted by molar-refractivity contribution is 6.32. The van der Waals surface area contributed by atoms with Gasteiger partial charge in [-0.3, -0.25) is 10.1 Å². The summed E-state index contributed by atoms with van der Waals surface area (Å²) in [5.74, 6) is 0.0774. The molecule has 0 saturated heterocycles. The first-order valence-electron chi connectivity index (χ1n) is 5.83. The van der Waals surface area contributed by atoms with Crippen LogP contribution in [0.4, 0.5) is 16.3 Å². The molecule has 108 valence electrons. The van der Waals surface area contributed by atoms with Gasteiger partial charge in [-0.25, -0.2) is 14.8 Å². The monoisotopic (exact) mass is 324 g/mol. The van der Waals surface area contributed by atoms with Gasteiger partial charge in [0.15, 0.2) is 5.78 Å². The van der Waals surface area contributed by atoms with Crippen LogP contribution in [0, 0.1) is 0 Å². The number of nitrogens with zero attached hydrogens (tertiary/aromatic N) is 2. The van der Waals surface area contributed by atoms with E-state index in [4.69, 9.17) is 23.2 Å². The van der Waals surface area contributed by atoms with E-state index < -0.39 is 6.03 Å². The van der Waals surface area contributed by atoms with Crippen LogP contribution in [-0.2, 0) is 0 Å². The number of amides is 2. The minimum absolute atomic E-state index is 0.0728. The molecule has 0 spiro atoms. The van der Waals surface area contributed by atoms with Crippen LogP contribution in [0.1, 0.15) is 17.3 Å². The number of carbonyl (C=O) groups is 2. The average molecular weight is 325 g/mol. The number of benzene rings is 1. The lowest BCUT2D eigenvalue weighted by molar-refractivity contribution is 0.101. The molecule has 1 heterocycles. The zero-order valence-corrected chi connectivity index (χ0v) is 12.4. The summed E-state index contributed by atoms with van der Waals surface area (Å²) in [7, 11) is 0. The topological polar surface area (TPSA) is 84.0 Å². The standard InChI is InChI=1S/C13H10Cl2N4O2/c1-7(20)8-3-2-4-9(5-8)16-13(21)19-11-6-10(14)17-12(15)18-11/h2-6H,1H3,(H2,16,17,18,19,21). The van der Waals surface area contributed by atoms with E-state index in [1.807, 2.05) is 0 Å². The number of carbonyl (C=O) groups excluding carboxylic acids is 2. The smallest absolute Gasteiger partial charge is 0.308 e. The Morgan fingerprint density at radius 1 is 1.10 bits per heavy atom. The van der Waals surface area contributed by atoms with Crippen LogP contribution in [0.3, 0.4) is 0 Å². The fraction of sp³-hybridized carbons (Fsp3) is 0.0769. The van der Waals surface area contributed by atoms with Crippen molar-refractivity contribution in [3.05, 3.63) is 46.3 Å². The third-order valence-corrected chi connectivity index (χ3v) is 2.80. The second-order valence-corrected chi connectivity index (χ2v) is 4.79. The van der Waals surface area contributed by atoms with Crippen LogP contribution in [-0.4, -0.2) is 21.8 Å². The zero-order chi connectivity index (χ0) is 15.4. The molecule has 2 N–H and O–H groups in total. The molecular weight excluding hydrogens is 315 g/mol. The molecule has 2 amide bonds. The molecule has 0 aliphatic heterocycles. The maximum Gasteiger partial charge on any atom is 0.324 e. The molecular formula is C13H10Cl2N4O2. The summed E-state index contributed by atoms with van der Waals surface area (Å²) in [5.41, 5.74) is 0.979. The molecule has 0 atom stereocenters. The highest BCUT2D eigenvalue weighted by atomic mass is 35.5. The third kappa shape index (κ3) is 4.40. The summed E-state index contributed by atoms with van der Waals surface area (Å²) < 4.78 is 0. The molecule has 0 unspecified atom stereocenters. The molecule has 2 rings (SSSR count). The molecule has 0 aliphatic rings. The maximum atomic E-state index is 11.8. The molecule has 0 aliphatic carbocycles. The Balaban J connectivity index is 2.08. The van der Waals surface area contributed by atoms with Crippen molar-refractivity contribution in [2.45, 2.75) is 6.92 Å². The van der Waals surface area contributed by atoms with Crippen molar-refractivity contribution in [1.82, 2.24) is 9.97 Å². The van der Waals surface area contributed by atoms with Gasteiger partial charge in [0.1, 0.15) is 11.0 Å². The summed E-state index contributed by atoms with van der Waals surface area (Å²) in [6, 6.07) is 7.38. The van der Waals surface area contributed by atoms with Crippen molar-refractivity contribution in [1.29, 1.82) is 0 Å². The minimum Gasteiger partial charge on any atom is -0.308 e. The maximum absolute atomic E-state index is 11.8. The first-order valence-corrected chi connectivity index (χ1v) is 6.59. The highest BCUT2D eigenvalue weighted by Gasteiger charge is 2.07. The van der Waals surface area contributed by atoms with Crippen LogP contribution in [0.5, 0.6) is 0 Å². The highest BCUT2D eigenvalue weighted by Crippen LogP contribution is 2.15. The molecule has 0 bridgehead atoms. The van der Waals surface area contributed by atoms with E-state index in [1.54, 1.807) is 24.3 Å². The number of halogens is 2. The molecule has 21 heavy (non-hydrogen) atoms. The van der Waals surface area contributed by atoms with Gasteiger partial charge in [-0.05, 0) is 30.7 Å². The van der Waals surface area contributed by atoms with Gasteiger partial charge in [-0.1, -0.05) is 23.7 Å². The van der Waals surface area contributed by atoms with Gasteiger partial charge in [-0.15, -0.1) is 0 Å². The van der Waals surface area contributed by atoms with Crippen molar-refractivity contribution in [3.8, 4) is 0 Å². The van der Waals surface area contributed by atoms with E-state index in [-0.39, 0.29) is 22.0 Å². The largest absolute Gasteiger partial charge is 0.324 e. The number of ketones is 1. The average Bonchev–Trinajstić information content (AvgIpc) is 2.37. The number of aromatic nitrogens is 2. The second kappa shape index (κ2) is 6.51. The van der Waals surface area contributed by atoms with E-state index >= 15 is 0 Å². The number of Topliss-reactive ketones (excluding diaryl/α,β-unsaturated/α-hetero) is 1. The van der Waals surface area contributed by atoms with Crippen LogP contribution >= 0.6 is 23.2 Å². The van der Waals surface area contributed by atoms with E-state index in [0.717, 1.165) is 0 Å². The summed E-state index contributed by atoms with van der Waals surface area (Å²) in [6.07, 6.45) is 0. The quantitative estimate of drug-likeness (QED) is 0.513. The van der Waals surface area contributed by atoms with E-state index in [9.17, 15) is 9.59 Å². The Labute approximate surface area is 130 Å².